The monoisotopic (exact) mass is 433 g/mol. The number of fused-ring (bicyclic) bond motifs is 4. The van der Waals surface area contributed by atoms with Crippen molar-refractivity contribution in [3.05, 3.63) is 89.5 Å². The van der Waals surface area contributed by atoms with Crippen LogP contribution in [0.3, 0.4) is 0 Å². The number of nitrogens with two attached hydrogens (primary N) is 1. The van der Waals surface area contributed by atoms with Crippen LogP contribution in [0.25, 0.3) is 32.9 Å². The molecule has 2 heterocycles. The van der Waals surface area contributed by atoms with Crippen molar-refractivity contribution in [2.45, 2.75) is 13.3 Å². The van der Waals surface area contributed by atoms with Gasteiger partial charge in [-0.05, 0) is 71.8 Å². The fraction of sp³-hybridized carbons (Fsp3) is 0.107. The Balaban J connectivity index is 1.40. The fourth-order valence-electron chi connectivity index (χ4n) is 5.04. The van der Waals surface area contributed by atoms with Gasteiger partial charge in [0.1, 0.15) is 5.75 Å². The molecule has 33 heavy (non-hydrogen) atoms. The van der Waals surface area contributed by atoms with Crippen LogP contribution in [-0.4, -0.2) is 22.5 Å². The molecule has 162 valence electrons. The second-order valence-electron chi connectivity index (χ2n) is 8.71. The number of phenolic OH excluding ortho intramolecular Hbond substituents is 1. The van der Waals surface area contributed by atoms with E-state index in [9.17, 15) is 9.90 Å². The quantitative estimate of drug-likeness (QED) is 0.308. The van der Waals surface area contributed by atoms with Crippen LogP contribution in [0.1, 0.15) is 21.5 Å². The highest BCUT2D eigenvalue weighted by molar-refractivity contribution is 6.11. The van der Waals surface area contributed by atoms with Gasteiger partial charge in [-0.2, -0.15) is 0 Å². The Kier molecular flexibility index (Phi) is 4.20. The van der Waals surface area contributed by atoms with Gasteiger partial charge < -0.3 is 20.7 Å². The van der Waals surface area contributed by atoms with E-state index in [-0.39, 0.29) is 11.7 Å². The van der Waals surface area contributed by atoms with Crippen LogP contribution in [-0.2, 0) is 6.42 Å². The number of H-pyrrole nitrogens is 1. The van der Waals surface area contributed by atoms with Gasteiger partial charge in [0.2, 0.25) is 0 Å². The summed E-state index contributed by atoms with van der Waals surface area (Å²) in [4.78, 5) is 18.7. The molecule has 0 fully saturated rings. The lowest BCUT2D eigenvalue weighted by Crippen LogP contribution is -2.28. The minimum absolute atomic E-state index is 0.0605. The number of nitrogen functional groups attached to an aromatic ring is 1. The number of anilines is 2. The Morgan fingerprint density at radius 3 is 2.73 bits per heavy atom. The lowest BCUT2D eigenvalue weighted by molar-refractivity contribution is 0.0989. The number of rotatable bonds is 2. The van der Waals surface area contributed by atoms with Crippen LogP contribution in [0.4, 0.5) is 11.4 Å². The number of hydrogen-bond acceptors (Lipinski definition) is 3. The number of nitrogens with one attached hydrogen (secondary N) is 1. The highest BCUT2D eigenvalue weighted by Crippen LogP contribution is 2.41. The Labute approximate surface area is 191 Å². The van der Waals surface area contributed by atoms with Crippen molar-refractivity contribution in [3.8, 4) is 17.0 Å². The van der Waals surface area contributed by atoms with Crippen molar-refractivity contribution >= 4 is 39.0 Å². The molecular weight excluding hydrogens is 410 g/mol. The first-order valence-corrected chi connectivity index (χ1v) is 11.0. The second-order valence-corrected chi connectivity index (χ2v) is 8.71. The Morgan fingerprint density at radius 2 is 1.88 bits per heavy atom. The number of aromatic nitrogens is 1. The molecule has 0 bridgehead atoms. The number of nitrogens with zero attached hydrogens (tertiary/aromatic N) is 1. The third-order valence-electron chi connectivity index (χ3n) is 6.62. The molecule has 0 spiro atoms. The number of aromatic amines is 1. The van der Waals surface area contributed by atoms with E-state index in [1.165, 1.54) is 0 Å². The summed E-state index contributed by atoms with van der Waals surface area (Å²) >= 11 is 0. The van der Waals surface area contributed by atoms with Gasteiger partial charge >= 0.3 is 0 Å². The van der Waals surface area contributed by atoms with Gasteiger partial charge in [-0.25, -0.2) is 0 Å². The largest absolute Gasteiger partial charge is 0.507 e. The van der Waals surface area contributed by atoms with Gasteiger partial charge in [-0.15, -0.1) is 0 Å². The van der Waals surface area contributed by atoms with Gasteiger partial charge in [0.05, 0.1) is 5.69 Å². The standard InChI is InChI=1S/C28H23N3O2/c1-16-4-2-7-22-26(32)15-25-21(27(16)22)10-11-31(25)28(33)18-8-9-23-19(12-18)14-24(30-23)17-5-3-6-20(29)13-17/h2-9,12-15,30,32H,10-11,29H2,1H3. The van der Waals surface area contributed by atoms with Crippen LogP contribution in [0, 0.1) is 6.92 Å². The molecule has 1 aliphatic heterocycles. The first kappa shape index (κ1) is 19.4. The van der Waals surface area contributed by atoms with Gasteiger partial charge in [-0.3, -0.25) is 4.79 Å². The predicted octanol–water partition coefficient (Wildman–Crippen LogP) is 5.79. The summed E-state index contributed by atoms with van der Waals surface area (Å²) in [6, 6.07) is 23.1. The first-order valence-electron chi connectivity index (χ1n) is 11.0. The van der Waals surface area contributed by atoms with E-state index >= 15 is 0 Å². The van der Waals surface area contributed by atoms with Gasteiger partial charge in [0, 0.05) is 45.8 Å². The normalized spacial score (nSPS) is 13.1. The second kappa shape index (κ2) is 7.14. The topological polar surface area (TPSA) is 82.3 Å². The Hall–Kier alpha value is -4.25. The molecule has 1 aliphatic rings. The molecule has 5 heteroatoms. The maximum Gasteiger partial charge on any atom is 0.258 e. The maximum absolute atomic E-state index is 13.5. The number of aromatic hydroxyl groups is 1. The van der Waals surface area contributed by atoms with Crippen molar-refractivity contribution in [2.75, 3.05) is 17.2 Å². The first-order chi connectivity index (χ1) is 16.0. The van der Waals surface area contributed by atoms with E-state index in [4.69, 9.17) is 5.73 Å². The predicted molar refractivity (Wildman–Crippen MR) is 134 cm³/mol. The minimum Gasteiger partial charge on any atom is -0.507 e. The summed E-state index contributed by atoms with van der Waals surface area (Å²) in [6.07, 6.45) is 0.773. The molecule has 4 N–H and O–H groups in total. The van der Waals surface area contributed by atoms with Crippen LogP contribution >= 0.6 is 0 Å². The number of amides is 1. The summed E-state index contributed by atoms with van der Waals surface area (Å²) in [6.45, 7) is 2.64. The smallest absolute Gasteiger partial charge is 0.258 e. The number of carbonyl (C=O) groups excluding carboxylic acids is 1. The van der Waals surface area contributed by atoms with Crippen molar-refractivity contribution in [3.63, 3.8) is 0 Å². The SMILES string of the molecule is Cc1cccc2c(O)cc3c(c12)CCN3C(=O)c1ccc2[nH]c(-c3cccc(N)c3)cc2c1. The summed E-state index contributed by atoms with van der Waals surface area (Å²) in [5.74, 6) is 0.148. The summed E-state index contributed by atoms with van der Waals surface area (Å²) in [5, 5.41) is 13.5. The number of benzene rings is 4. The van der Waals surface area contributed by atoms with Crippen LogP contribution in [0.2, 0.25) is 0 Å². The summed E-state index contributed by atoms with van der Waals surface area (Å²) < 4.78 is 0. The van der Waals surface area contributed by atoms with E-state index < -0.39 is 0 Å². The van der Waals surface area contributed by atoms with Crippen LogP contribution in [0.15, 0.2) is 72.8 Å². The lowest BCUT2D eigenvalue weighted by Gasteiger charge is -2.19. The highest BCUT2D eigenvalue weighted by atomic mass is 16.3. The fourth-order valence-corrected chi connectivity index (χ4v) is 5.04. The molecule has 1 amide bonds. The molecule has 5 aromatic rings. The molecule has 0 atom stereocenters. The zero-order valence-electron chi connectivity index (χ0n) is 18.2. The minimum atomic E-state index is -0.0605. The lowest BCUT2D eigenvalue weighted by atomic mass is 9.97. The molecule has 0 aliphatic carbocycles. The van der Waals surface area contributed by atoms with Crippen molar-refractivity contribution in [1.82, 2.24) is 4.98 Å². The average molecular weight is 434 g/mol. The van der Waals surface area contributed by atoms with Crippen molar-refractivity contribution in [1.29, 1.82) is 0 Å². The van der Waals surface area contributed by atoms with E-state index in [2.05, 4.69) is 4.98 Å². The van der Waals surface area contributed by atoms with E-state index in [0.29, 0.717) is 17.8 Å². The van der Waals surface area contributed by atoms with E-state index in [1.807, 2.05) is 73.7 Å². The summed E-state index contributed by atoms with van der Waals surface area (Å²) in [5.41, 5.74) is 13.2. The molecule has 0 radical (unpaired) electrons. The number of hydrogen-bond donors (Lipinski definition) is 3. The number of phenols is 1. The average Bonchev–Trinajstić information content (AvgIpc) is 3.42. The summed E-state index contributed by atoms with van der Waals surface area (Å²) in [7, 11) is 0. The molecule has 0 saturated heterocycles. The number of carbonyl (C=O) groups is 1. The van der Waals surface area contributed by atoms with Crippen LogP contribution in [0.5, 0.6) is 5.75 Å². The Morgan fingerprint density at radius 1 is 1.03 bits per heavy atom. The molecule has 6 rings (SSSR count). The Bertz CT molecular complexity index is 1580. The van der Waals surface area contributed by atoms with Crippen molar-refractivity contribution in [2.24, 2.45) is 0 Å². The van der Waals surface area contributed by atoms with Crippen molar-refractivity contribution < 1.29 is 9.90 Å². The molecule has 4 aromatic carbocycles. The van der Waals surface area contributed by atoms with Crippen LogP contribution < -0.4 is 10.6 Å². The van der Waals surface area contributed by atoms with Gasteiger partial charge in [0.15, 0.2) is 0 Å². The molecule has 1 aromatic heterocycles. The maximum atomic E-state index is 13.5. The van der Waals surface area contributed by atoms with E-state index in [1.54, 1.807) is 11.0 Å². The molecular formula is C28H23N3O2. The number of aryl methyl sites for hydroxylation is 1. The molecule has 0 saturated carbocycles. The molecule has 0 unspecified atom stereocenters. The zero-order chi connectivity index (χ0) is 22.7. The highest BCUT2D eigenvalue weighted by Gasteiger charge is 2.29. The van der Waals surface area contributed by atoms with Gasteiger partial charge in [0.25, 0.3) is 5.91 Å². The third-order valence-corrected chi connectivity index (χ3v) is 6.62. The van der Waals surface area contributed by atoms with Gasteiger partial charge in [-0.1, -0.05) is 30.3 Å². The third kappa shape index (κ3) is 3.04. The molecule has 5 nitrogen and oxygen atoms in total. The van der Waals surface area contributed by atoms with E-state index in [0.717, 1.165) is 56.2 Å². The zero-order valence-corrected chi connectivity index (χ0v) is 18.2.